The van der Waals surface area contributed by atoms with Crippen molar-refractivity contribution in [2.45, 2.75) is 0 Å². The van der Waals surface area contributed by atoms with Crippen molar-refractivity contribution in [2.24, 2.45) is 0 Å². The molecule has 0 saturated carbocycles. The van der Waals surface area contributed by atoms with Gasteiger partial charge in [0.25, 0.3) is 0 Å². The third kappa shape index (κ3) is 7.00. The fourth-order valence-corrected chi connectivity index (χ4v) is 9.37. The molecule has 4 aromatic heterocycles. The van der Waals surface area contributed by atoms with Gasteiger partial charge in [-0.25, -0.2) is 19.9 Å². The number of nitrogens with zero attached hydrogens (tertiary/aromatic N) is 4. The van der Waals surface area contributed by atoms with Crippen LogP contribution in [0.5, 0.6) is 0 Å². The molecule has 0 aliphatic carbocycles. The molecule has 6 heteroatoms. The molecule has 0 fully saturated rings. The van der Waals surface area contributed by atoms with E-state index >= 15 is 0 Å². The van der Waals surface area contributed by atoms with E-state index in [-0.39, 0.29) is 0 Å². The molecule has 13 rings (SSSR count). The van der Waals surface area contributed by atoms with E-state index in [4.69, 9.17) is 28.8 Å². The number of hydrogen-bond acceptors (Lipinski definition) is 6. The van der Waals surface area contributed by atoms with Crippen LogP contribution in [0, 0.1) is 0 Å². The highest BCUT2D eigenvalue weighted by molar-refractivity contribution is 6.18. The quantitative estimate of drug-likeness (QED) is 0.151. The molecule has 13 aromatic rings. The summed E-state index contributed by atoms with van der Waals surface area (Å²) in [7, 11) is 0. The average molecular weight is 871 g/mol. The van der Waals surface area contributed by atoms with Crippen LogP contribution in [0.15, 0.2) is 239 Å². The Morgan fingerprint density at radius 1 is 0.235 bits per heavy atom. The smallest absolute Gasteiger partial charge is 0.160 e. The molecule has 0 bridgehead atoms. The summed E-state index contributed by atoms with van der Waals surface area (Å²) in [6.45, 7) is 0. The van der Waals surface area contributed by atoms with E-state index in [1.165, 1.54) is 0 Å². The SMILES string of the molecule is c1ccc(-c2cc(-c3ccccc3)nc(-c3cccc(-c4cccc5c4oc4cc6c(cc45)oc4c(-c5cccc(-c7nc(-c8ccccc8)cc(-c8ccccc8)n7)c5)cccc46)c3)n2)cc1. The van der Waals surface area contributed by atoms with Crippen molar-refractivity contribution in [3.63, 3.8) is 0 Å². The van der Waals surface area contributed by atoms with E-state index < -0.39 is 0 Å². The van der Waals surface area contributed by atoms with Gasteiger partial charge in [-0.3, -0.25) is 0 Å². The van der Waals surface area contributed by atoms with E-state index in [0.29, 0.717) is 11.6 Å². The summed E-state index contributed by atoms with van der Waals surface area (Å²) in [5, 5.41) is 4.01. The summed E-state index contributed by atoms with van der Waals surface area (Å²) in [4.78, 5) is 20.4. The minimum Gasteiger partial charge on any atom is -0.455 e. The van der Waals surface area contributed by atoms with Crippen LogP contribution >= 0.6 is 0 Å². The zero-order chi connectivity index (χ0) is 45.0. The van der Waals surface area contributed by atoms with Crippen molar-refractivity contribution in [3.05, 3.63) is 231 Å². The van der Waals surface area contributed by atoms with Gasteiger partial charge >= 0.3 is 0 Å². The third-order valence-corrected chi connectivity index (χ3v) is 12.7. The van der Waals surface area contributed by atoms with Crippen molar-refractivity contribution >= 4 is 43.9 Å². The molecule has 0 aliphatic rings. The van der Waals surface area contributed by atoms with Crippen LogP contribution in [0.1, 0.15) is 0 Å². The van der Waals surface area contributed by atoms with E-state index in [1.807, 2.05) is 72.8 Å². The summed E-state index contributed by atoms with van der Waals surface area (Å²) in [6.07, 6.45) is 0. The van der Waals surface area contributed by atoms with Gasteiger partial charge in [-0.05, 0) is 47.5 Å². The van der Waals surface area contributed by atoms with Crippen molar-refractivity contribution in [3.8, 4) is 90.1 Å². The lowest BCUT2D eigenvalue weighted by molar-refractivity contribution is 0.665. The fraction of sp³-hybridized carbons (Fsp3) is 0. The topological polar surface area (TPSA) is 77.8 Å². The van der Waals surface area contributed by atoms with Gasteiger partial charge in [0.1, 0.15) is 22.3 Å². The molecule has 0 spiro atoms. The second-order valence-corrected chi connectivity index (χ2v) is 17.0. The lowest BCUT2D eigenvalue weighted by Gasteiger charge is -2.10. The number of benzene rings is 9. The molecule has 0 N–H and O–H groups in total. The normalized spacial score (nSPS) is 11.5. The second-order valence-electron chi connectivity index (χ2n) is 17.0. The van der Waals surface area contributed by atoms with E-state index in [9.17, 15) is 0 Å². The van der Waals surface area contributed by atoms with Crippen molar-refractivity contribution < 1.29 is 8.83 Å². The van der Waals surface area contributed by atoms with Crippen molar-refractivity contribution in [1.29, 1.82) is 0 Å². The van der Waals surface area contributed by atoms with Crippen molar-refractivity contribution in [1.82, 2.24) is 19.9 Å². The van der Waals surface area contributed by atoms with Gasteiger partial charge in [-0.1, -0.05) is 194 Å². The van der Waals surface area contributed by atoms with E-state index in [1.54, 1.807) is 0 Å². The number of aromatic nitrogens is 4. The molecule has 0 atom stereocenters. The van der Waals surface area contributed by atoms with Crippen LogP contribution in [0.25, 0.3) is 134 Å². The minimum absolute atomic E-state index is 0.657. The summed E-state index contributed by atoms with van der Waals surface area (Å²) < 4.78 is 13.7. The van der Waals surface area contributed by atoms with Crippen LogP contribution in [0.2, 0.25) is 0 Å². The molecule has 0 radical (unpaired) electrons. The second kappa shape index (κ2) is 16.3. The Bertz CT molecular complexity index is 3630. The Morgan fingerprint density at radius 2 is 0.544 bits per heavy atom. The third-order valence-electron chi connectivity index (χ3n) is 12.7. The van der Waals surface area contributed by atoms with Gasteiger partial charge in [-0.15, -0.1) is 0 Å². The monoisotopic (exact) mass is 870 g/mol. The Morgan fingerprint density at radius 3 is 0.897 bits per heavy atom. The lowest BCUT2D eigenvalue weighted by Crippen LogP contribution is -1.96. The van der Waals surface area contributed by atoms with Gasteiger partial charge in [0.15, 0.2) is 11.6 Å². The summed E-state index contributed by atoms with van der Waals surface area (Å²) >= 11 is 0. The maximum Gasteiger partial charge on any atom is 0.160 e. The Kier molecular flexibility index (Phi) is 9.39. The molecule has 0 amide bonds. The predicted octanol–water partition coefficient (Wildman–Crippen LogP) is 16.4. The highest BCUT2D eigenvalue weighted by Crippen LogP contribution is 2.43. The number of furan rings is 2. The first-order chi connectivity index (χ1) is 33.7. The van der Waals surface area contributed by atoms with Crippen LogP contribution in [-0.2, 0) is 0 Å². The highest BCUT2D eigenvalue weighted by Gasteiger charge is 2.20. The van der Waals surface area contributed by atoms with Crippen molar-refractivity contribution in [2.75, 3.05) is 0 Å². The summed E-state index contributed by atoms with van der Waals surface area (Å²) in [5.41, 5.74) is 16.7. The standard InChI is InChI=1S/C62H38N4O2/c1-5-17-39(18-6-1)53-37-54(40-19-7-2-8-20-40)64-61(63-53)45-27-13-25-43(33-45)47-29-15-31-49-51-35-58-52(36-57(51)67-59(47)49)50-32-16-30-48(60(50)68-58)44-26-14-28-46(34-44)62-65-55(41-21-9-3-10-22-41)38-56(66-62)42-23-11-4-12-24-42/h1-38H. The molecule has 4 heterocycles. The number of para-hydroxylation sites is 2. The lowest BCUT2D eigenvalue weighted by atomic mass is 9.99. The number of hydrogen-bond donors (Lipinski definition) is 0. The zero-order valence-corrected chi connectivity index (χ0v) is 36.5. The van der Waals surface area contributed by atoms with Gasteiger partial charge in [0.05, 0.1) is 22.8 Å². The minimum atomic E-state index is 0.657. The maximum absolute atomic E-state index is 6.84. The highest BCUT2D eigenvalue weighted by atomic mass is 16.3. The molecule has 0 saturated heterocycles. The molecular weight excluding hydrogens is 833 g/mol. The number of rotatable bonds is 8. The van der Waals surface area contributed by atoms with Gasteiger partial charge in [0, 0.05) is 66.1 Å². The van der Waals surface area contributed by atoms with Crippen LogP contribution in [0.4, 0.5) is 0 Å². The zero-order valence-electron chi connectivity index (χ0n) is 36.5. The first-order valence-electron chi connectivity index (χ1n) is 22.7. The van der Waals surface area contributed by atoms with E-state index in [2.05, 4.69) is 158 Å². The van der Waals surface area contributed by atoms with Crippen LogP contribution < -0.4 is 0 Å². The molecule has 318 valence electrons. The van der Waals surface area contributed by atoms with Gasteiger partial charge in [0.2, 0.25) is 0 Å². The van der Waals surface area contributed by atoms with Gasteiger partial charge in [-0.2, -0.15) is 0 Å². The first-order valence-corrected chi connectivity index (χ1v) is 22.7. The summed E-state index contributed by atoms with van der Waals surface area (Å²) in [6, 6.07) is 78.9. The predicted molar refractivity (Wildman–Crippen MR) is 276 cm³/mol. The average Bonchev–Trinajstić information content (AvgIpc) is 3.98. The Hall–Kier alpha value is -9.26. The molecular formula is C62H38N4O2. The molecule has 0 aliphatic heterocycles. The molecule has 68 heavy (non-hydrogen) atoms. The first kappa shape index (κ1) is 39.1. The summed E-state index contributed by atoms with van der Waals surface area (Å²) in [5.74, 6) is 1.31. The Labute approximate surface area is 391 Å². The number of fused-ring (bicyclic) bond motifs is 6. The maximum atomic E-state index is 6.84. The van der Waals surface area contributed by atoms with E-state index in [0.717, 1.165) is 122 Å². The molecule has 0 unspecified atom stereocenters. The Balaban J connectivity index is 0.884. The van der Waals surface area contributed by atoms with Gasteiger partial charge < -0.3 is 8.83 Å². The van der Waals surface area contributed by atoms with Crippen LogP contribution in [0.3, 0.4) is 0 Å². The van der Waals surface area contributed by atoms with Crippen LogP contribution in [-0.4, -0.2) is 19.9 Å². The fourth-order valence-electron chi connectivity index (χ4n) is 9.37. The molecule has 6 nitrogen and oxygen atoms in total. The largest absolute Gasteiger partial charge is 0.455 e. The molecule has 9 aromatic carbocycles.